The summed E-state index contributed by atoms with van der Waals surface area (Å²) in [6.07, 6.45) is 0.595. The fourth-order valence-corrected chi connectivity index (χ4v) is 2.84. The maximum absolute atomic E-state index is 12.2. The van der Waals surface area contributed by atoms with Gasteiger partial charge in [-0.1, -0.05) is 36.4 Å². The highest BCUT2D eigenvalue weighted by molar-refractivity contribution is 9.09. The number of ketones is 1. The number of rotatable bonds is 5. The van der Waals surface area contributed by atoms with Crippen LogP contribution in [0.15, 0.2) is 72.5 Å². The Morgan fingerprint density at radius 3 is 2.07 bits per heavy atom. The average Bonchev–Trinajstić information content (AvgIpc) is 2.71. The van der Waals surface area contributed by atoms with Crippen LogP contribution in [0.3, 0.4) is 0 Å². The summed E-state index contributed by atoms with van der Waals surface area (Å²) in [5, 5.41) is -0.999. The van der Waals surface area contributed by atoms with Gasteiger partial charge < -0.3 is 14.2 Å². The Balaban J connectivity index is 1.66. The van der Waals surface area contributed by atoms with Crippen LogP contribution in [-0.2, 0) is 19.0 Å². The first-order valence-electron chi connectivity index (χ1n) is 8.09. The first-order valence-corrected chi connectivity index (χ1v) is 9.01. The van der Waals surface area contributed by atoms with Crippen LogP contribution in [0.25, 0.3) is 0 Å². The first-order chi connectivity index (χ1) is 13.0. The molecule has 1 aliphatic rings. The average molecular weight is 431 g/mol. The van der Waals surface area contributed by atoms with Gasteiger partial charge in [0.15, 0.2) is 10.8 Å². The third-order valence-electron chi connectivity index (χ3n) is 3.68. The van der Waals surface area contributed by atoms with Crippen molar-refractivity contribution in [2.45, 2.75) is 11.1 Å². The van der Waals surface area contributed by atoms with Crippen molar-refractivity contribution in [3.63, 3.8) is 0 Å². The molecule has 3 rings (SSSR count). The Bertz CT molecular complexity index is 863. The molecular weight excluding hydrogens is 416 g/mol. The van der Waals surface area contributed by atoms with Crippen LogP contribution >= 0.6 is 15.9 Å². The predicted molar refractivity (Wildman–Crippen MR) is 99.3 cm³/mol. The van der Waals surface area contributed by atoms with Crippen molar-refractivity contribution < 1.29 is 28.6 Å². The van der Waals surface area contributed by atoms with Crippen LogP contribution in [0, 0.1) is 0 Å². The first kappa shape index (κ1) is 19.0. The standard InChI is InChI=1S/C20H15BrO6/c21-18-17(22)16(27-20(24)14-9-5-2-6-10-14)11-15(26-18)12-25-19(23)13-7-3-1-4-8-13/h1-11,15,18H,12H2/t15-,18-/m0/s1. The molecule has 2 aromatic rings. The second-order valence-corrected chi connectivity index (χ2v) is 6.44. The molecule has 0 spiro atoms. The lowest BCUT2D eigenvalue weighted by atomic mass is 10.2. The molecular formula is C20H15BrO6. The molecule has 0 aromatic heterocycles. The van der Waals surface area contributed by atoms with Gasteiger partial charge in [-0.15, -0.1) is 0 Å². The van der Waals surface area contributed by atoms with E-state index in [0.717, 1.165) is 0 Å². The molecule has 0 saturated carbocycles. The monoisotopic (exact) mass is 430 g/mol. The normalized spacial score (nSPS) is 19.1. The number of carbonyl (C=O) groups excluding carboxylic acids is 3. The second kappa shape index (κ2) is 8.75. The minimum Gasteiger partial charge on any atom is -0.459 e. The molecule has 0 bridgehead atoms. The Morgan fingerprint density at radius 1 is 0.926 bits per heavy atom. The van der Waals surface area contributed by atoms with E-state index in [2.05, 4.69) is 15.9 Å². The Morgan fingerprint density at radius 2 is 1.48 bits per heavy atom. The third kappa shape index (κ3) is 4.90. The van der Waals surface area contributed by atoms with Gasteiger partial charge in [0.25, 0.3) is 0 Å². The van der Waals surface area contributed by atoms with Gasteiger partial charge in [-0.25, -0.2) is 9.59 Å². The Labute approximate surface area is 163 Å². The van der Waals surface area contributed by atoms with Crippen molar-refractivity contribution in [2.24, 2.45) is 0 Å². The van der Waals surface area contributed by atoms with Crippen LogP contribution in [0.1, 0.15) is 20.7 Å². The summed E-state index contributed by atoms with van der Waals surface area (Å²) >= 11 is 3.09. The summed E-state index contributed by atoms with van der Waals surface area (Å²) in [5.74, 6) is -1.85. The molecule has 1 aliphatic heterocycles. The van der Waals surface area contributed by atoms with E-state index in [0.29, 0.717) is 11.1 Å². The van der Waals surface area contributed by atoms with Crippen molar-refractivity contribution in [3.05, 3.63) is 83.6 Å². The van der Waals surface area contributed by atoms with Crippen molar-refractivity contribution in [3.8, 4) is 0 Å². The van der Waals surface area contributed by atoms with Crippen LogP contribution in [0.4, 0.5) is 0 Å². The highest BCUT2D eigenvalue weighted by atomic mass is 79.9. The van der Waals surface area contributed by atoms with E-state index >= 15 is 0 Å². The molecule has 0 radical (unpaired) electrons. The van der Waals surface area contributed by atoms with E-state index in [1.807, 2.05) is 0 Å². The summed E-state index contributed by atoms with van der Waals surface area (Å²) < 4.78 is 15.8. The number of halogens is 1. The van der Waals surface area contributed by atoms with Crippen LogP contribution < -0.4 is 0 Å². The van der Waals surface area contributed by atoms with E-state index < -0.39 is 28.8 Å². The second-order valence-electron chi connectivity index (χ2n) is 5.61. The molecule has 2 atom stereocenters. The van der Waals surface area contributed by atoms with Crippen LogP contribution in [-0.4, -0.2) is 35.4 Å². The molecule has 27 heavy (non-hydrogen) atoms. The van der Waals surface area contributed by atoms with E-state index in [1.165, 1.54) is 6.08 Å². The number of alkyl halides is 1. The Kier molecular flexibility index (Phi) is 6.16. The summed E-state index contributed by atoms with van der Waals surface area (Å²) in [4.78, 5) is 36.4. The summed E-state index contributed by atoms with van der Waals surface area (Å²) in [5.41, 5.74) is 0.718. The highest BCUT2D eigenvalue weighted by Gasteiger charge is 2.32. The molecule has 0 aliphatic carbocycles. The molecule has 0 fully saturated rings. The summed E-state index contributed by atoms with van der Waals surface area (Å²) in [6, 6.07) is 16.8. The van der Waals surface area contributed by atoms with Gasteiger partial charge in [0.2, 0.25) is 5.78 Å². The van der Waals surface area contributed by atoms with Gasteiger partial charge in [0, 0.05) is 0 Å². The number of hydrogen-bond donors (Lipinski definition) is 0. The molecule has 0 N–H and O–H groups in total. The van der Waals surface area contributed by atoms with Gasteiger partial charge in [0.1, 0.15) is 12.7 Å². The van der Waals surface area contributed by atoms with Crippen molar-refractivity contribution in [1.82, 2.24) is 0 Å². The van der Waals surface area contributed by atoms with Gasteiger partial charge in [-0.3, -0.25) is 4.79 Å². The maximum Gasteiger partial charge on any atom is 0.343 e. The van der Waals surface area contributed by atoms with Gasteiger partial charge in [0.05, 0.1) is 11.1 Å². The molecule has 6 nitrogen and oxygen atoms in total. The minimum atomic E-state index is -0.999. The SMILES string of the molecule is O=C(OC[C@@H]1C=C(OC(=O)c2ccccc2)C(=O)[C@@H](Br)O1)c1ccccc1. The number of carbonyl (C=O) groups is 3. The van der Waals surface area contributed by atoms with E-state index in [4.69, 9.17) is 14.2 Å². The zero-order valence-corrected chi connectivity index (χ0v) is 15.6. The van der Waals surface area contributed by atoms with Crippen molar-refractivity contribution in [2.75, 3.05) is 6.61 Å². The molecule has 0 unspecified atom stereocenters. The zero-order chi connectivity index (χ0) is 19.2. The smallest absolute Gasteiger partial charge is 0.343 e. The Hall–Kier alpha value is -2.77. The summed E-state index contributed by atoms with van der Waals surface area (Å²) in [7, 11) is 0. The third-order valence-corrected chi connectivity index (χ3v) is 4.31. The largest absolute Gasteiger partial charge is 0.459 e. The zero-order valence-electron chi connectivity index (χ0n) is 14.0. The number of hydrogen-bond acceptors (Lipinski definition) is 6. The maximum atomic E-state index is 12.2. The lowest BCUT2D eigenvalue weighted by molar-refractivity contribution is -0.128. The fourth-order valence-electron chi connectivity index (χ4n) is 2.34. The van der Waals surface area contributed by atoms with Gasteiger partial charge in [-0.05, 0) is 46.3 Å². The lowest BCUT2D eigenvalue weighted by Crippen LogP contribution is -2.35. The molecule has 138 valence electrons. The van der Waals surface area contributed by atoms with E-state index in [9.17, 15) is 14.4 Å². The number of Topliss-reactive ketones (excluding diaryl/α,β-unsaturated/α-hetero) is 1. The molecule has 7 heteroatoms. The van der Waals surface area contributed by atoms with E-state index in [-0.39, 0.29) is 12.4 Å². The number of benzene rings is 2. The predicted octanol–water partition coefficient (Wildman–Crippen LogP) is 3.27. The molecule has 2 aromatic carbocycles. The molecule has 0 amide bonds. The van der Waals surface area contributed by atoms with Gasteiger partial charge >= 0.3 is 11.9 Å². The number of ether oxygens (including phenoxy) is 3. The quantitative estimate of drug-likeness (QED) is 0.534. The highest BCUT2D eigenvalue weighted by Crippen LogP contribution is 2.22. The molecule has 0 saturated heterocycles. The van der Waals surface area contributed by atoms with Crippen LogP contribution in [0.2, 0.25) is 0 Å². The van der Waals surface area contributed by atoms with Crippen LogP contribution in [0.5, 0.6) is 0 Å². The minimum absolute atomic E-state index is 0.129. The topological polar surface area (TPSA) is 78.9 Å². The summed E-state index contributed by atoms with van der Waals surface area (Å²) in [6.45, 7) is -0.129. The molecule has 1 heterocycles. The lowest BCUT2D eigenvalue weighted by Gasteiger charge is -2.24. The van der Waals surface area contributed by atoms with E-state index in [1.54, 1.807) is 60.7 Å². The van der Waals surface area contributed by atoms with Crippen molar-refractivity contribution >= 4 is 33.7 Å². The number of esters is 2. The fraction of sp³-hybridized carbons (Fsp3) is 0.150. The van der Waals surface area contributed by atoms with Gasteiger partial charge in [-0.2, -0.15) is 0 Å². The van der Waals surface area contributed by atoms with Crippen molar-refractivity contribution in [1.29, 1.82) is 0 Å².